The number of hydrogen-bond donors (Lipinski definition) is 0. The molecular formula is C20H24N4S. The van der Waals surface area contributed by atoms with Gasteiger partial charge in [-0.05, 0) is 38.0 Å². The second-order valence-corrected chi connectivity index (χ2v) is 7.86. The highest BCUT2D eigenvalue weighted by molar-refractivity contribution is 7.18. The monoisotopic (exact) mass is 352 g/mol. The van der Waals surface area contributed by atoms with Gasteiger partial charge in [0.15, 0.2) is 0 Å². The Labute approximate surface area is 153 Å². The summed E-state index contributed by atoms with van der Waals surface area (Å²) in [5.41, 5.74) is 4.05. The molecule has 130 valence electrons. The lowest BCUT2D eigenvalue weighted by atomic mass is 10.1. The van der Waals surface area contributed by atoms with Gasteiger partial charge in [0, 0.05) is 36.7 Å². The van der Waals surface area contributed by atoms with E-state index in [9.17, 15) is 0 Å². The predicted molar refractivity (Wildman–Crippen MR) is 107 cm³/mol. The Morgan fingerprint density at radius 3 is 2.48 bits per heavy atom. The largest absolute Gasteiger partial charge is 0.368 e. The van der Waals surface area contributed by atoms with Crippen molar-refractivity contribution < 1.29 is 0 Å². The number of nitrogens with zero attached hydrogens (tertiary/aromatic N) is 4. The van der Waals surface area contributed by atoms with E-state index in [1.807, 2.05) is 0 Å². The van der Waals surface area contributed by atoms with Crippen molar-refractivity contribution in [1.29, 1.82) is 0 Å². The lowest BCUT2D eigenvalue weighted by Gasteiger charge is -2.37. The molecule has 0 bridgehead atoms. The molecule has 1 aliphatic heterocycles. The molecule has 0 saturated carbocycles. The molecule has 0 amide bonds. The Bertz CT molecular complexity index is 894. The number of hydrogen-bond acceptors (Lipinski definition) is 5. The van der Waals surface area contributed by atoms with Crippen molar-refractivity contribution in [2.24, 2.45) is 0 Å². The highest BCUT2D eigenvalue weighted by Gasteiger charge is 2.21. The highest BCUT2D eigenvalue weighted by atomic mass is 32.1. The second kappa shape index (κ2) is 6.64. The fourth-order valence-electron chi connectivity index (χ4n) is 3.64. The maximum absolute atomic E-state index is 4.61. The quantitative estimate of drug-likeness (QED) is 0.707. The van der Waals surface area contributed by atoms with Gasteiger partial charge in [-0.2, -0.15) is 0 Å². The normalized spacial score (nSPS) is 15.2. The third kappa shape index (κ3) is 3.09. The van der Waals surface area contributed by atoms with Gasteiger partial charge in [-0.3, -0.25) is 0 Å². The molecular weight excluding hydrogens is 328 g/mol. The van der Waals surface area contributed by atoms with Crippen molar-refractivity contribution in [3.8, 4) is 0 Å². The zero-order valence-corrected chi connectivity index (χ0v) is 15.9. The summed E-state index contributed by atoms with van der Waals surface area (Å²) in [5, 5.41) is 1.21. The van der Waals surface area contributed by atoms with Crippen LogP contribution in [0, 0.1) is 13.8 Å². The topological polar surface area (TPSA) is 32.3 Å². The molecule has 0 aliphatic carbocycles. The van der Waals surface area contributed by atoms with E-state index < -0.39 is 0 Å². The number of fused-ring (bicyclic) bond motifs is 1. The number of rotatable bonds is 3. The number of thiophene rings is 1. The Morgan fingerprint density at radius 1 is 1.00 bits per heavy atom. The van der Waals surface area contributed by atoms with E-state index in [-0.39, 0.29) is 0 Å². The Balaban J connectivity index is 1.55. The van der Waals surface area contributed by atoms with Gasteiger partial charge in [0.1, 0.15) is 17.0 Å². The lowest BCUT2D eigenvalue weighted by Crippen LogP contribution is -2.47. The fraction of sp³-hybridized carbons (Fsp3) is 0.400. The van der Waals surface area contributed by atoms with Crippen LogP contribution in [0.5, 0.6) is 0 Å². The average molecular weight is 353 g/mol. The summed E-state index contributed by atoms with van der Waals surface area (Å²) in [7, 11) is 0. The SMILES string of the molecule is CCc1cc2c(N3CCN(c4ccc(C)cc4C)CC3)ncnc2s1. The van der Waals surface area contributed by atoms with E-state index in [2.05, 4.69) is 64.8 Å². The molecule has 0 radical (unpaired) electrons. The third-order valence-electron chi connectivity index (χ3n) is 4.98. The maximum atomic E-state index is 4.61. The van der Waals surface area contributed by atoms with Gasteiger partial charge in [-0.1, -0.05) is 24.6 Å². The van der Waals surface area contributed by atoms with Gasteiger partial charge >= 0.3 is 0 Å². The molecule has 3 aromatic rings. The molecule has 4 rings (SSSR count). The minimum Gasteiger partial charge on any atom is -0.368 e. The molecule has 0 unspecified atom stereocenters. The molecule has 0 spiro atoms. The highest BCUT2D eigenvalue weighted by Crippen LogP contribution is 2.31. The van der Waals surface area contributed by atoms with Crippen LogP contribution in [0.15, 0.2) is 30.6 Å². The van der Waals surface area contributed by atoms with Crippen LogP contribution >= 0.6 is 11.3 Å². The molecule has 25 heavy (non-hydrogen) atoms. The zero-order valence-electron chi connectivity index (χ0n) is 15.1. The first-order chi connectivity index (χ1) is 12.2. The summed E-state index contributed by atoms with van der Waals surface area (Å²) in [6.07, 6.45) is 2.77. The van der Waals surface area contributed by atoms with Crippen molar-refractivity contribution in [2.75, 3.05) is 36.0 Å². The van der Waals surface area contributed by atoms with Crippen LogP contribution in [-0.4, -0.2) is 36.1 Å². The van der Waals surface area contributed by atoms with Crippen LogP contribution < -0.4 is 9.80 Å². The first-order valence-electron chi connectivity index (χ1n) is 8.96. The Kier molecular flexibility index (Phi) is 4.34. The van der Waals surface area contributed by atoms with E-state index in [4.69, 9.17) is 0 Å². The number of benzene rings is 1. The summed E-state index contributed by atoms with van der Waals surface area (Å²) in [6.45, 7) is 10.6. The summed E-state index contributed by atoms with van der Waals surface area (Å²) in [4.78, 5) is 16.5. The molecule has 0 atom stereocenters. The first kappa shape index (κ1) is 16.3. The van der Waals surface area contributed by atoms with Crippen LogP contribution in [0.1, 0.15) is 22.9 Å². The lowest BCUT2D eigenvalue weighted by molar-refractivity contribution is 0.648. The molecule has 0 N–H and O–H groups in total. The van der Waals surface area contributed by atoms with E-state index in [0.717, 1.165) is 43.2 Å². The van der Waals surface area contributed by atoms with E-state index >= 15 is 0 Å². The fourth-order valence-corrected chi connectivity index (χ4v) is 4.57. The minimum absolute atomic E-state index is 0.997. The van der Waals surface area contributed by atoms with Crippen molar-refractivity contribution in [1.82, 2.24) is 9.97 Å². The van der Waals surface area contributed by atoms with Gasteiger partial charge in [0.05, 0.1) is 5.39 Å². The third-order valence-corrected chi connectivity index (χ3v) is 6.17. The summed E-state index contributed by atoms with van der Waals surface area (Å²) in [5.74, 6) is 1.10. The molecule has 4 nitrogen and oxygen atoms in total. The van der Waals surface area contributed by atoms with E-state index in [1.54, 1.807) is 17.7 Å². The number of aromatic nitrogens is 2. The van der Waals surface area contributed by atoms with Gasteiger partial charge < -0.3 is 9.80 Å². The molecule has 1 saturated heterocycles. The predicted octanol–water partition coefficient (Wildman–Crippen LogP) is 4.20. The van der Waals surface area contributed by atoms with Crippen molar-refractivity contribution >= 4 is 33.1 Å². The Hall–Kier alpha value is -2.14. The first-order valence-corrected chi connectivity index (χ1v) is 9.78. The van der Waals surface area contributed by atoms with Crippen LogP contribution in [0.25, 0.3) is 10.2 Å². The van der Waals surface area contributed by atoms with Crippen LogP contribution in [-0.2, 0) is 6.42 Å². The summed E-state index contributed by atoms with van der Waals surface area (Å²) < 4.78 is 0. The van der Waals surface area contributed by atoms with Crippen molar-refractivity contribution in [3.05, 3.63) is 46.6 Å². The maximum Gasteiger partial charge on any atom is 0.140 e. The molecule has 5 heteroatoms. The number of aryl methyl sites for hydroxylation is 3. The van der Waals surface area contributed by atoms with Crippen LogP contribution in [0.2, 0.25) is 0 Å². The van der Waals surface area contributed by atoms with Crippen molar-refractivity contribution in [3.63, 3.8) is 0 Å². The van der Waals surface area contributed by atoms with Crippen LogP contribution in [0.3, 0.4) is 0 Å². The second-order valence-electron chi connectivity index (χ2n) is 6.75. The minimum atomic E-state index is 0.997. The molecule has 1 aliphatic rings. The van der Waals surface area contributed by atoms with E-state index in [1.165, 1.54) is 27.1 Å². The van der Waals surface area contributed by atoms with Crippen LogP contribution in [0.4, 0.5) is 11.5 Å². The molecule has 1 aromatic carbocycles. The number of anilines is 2. The van der Waals surface area contributed by atoms with E-state index in [0.29, 0.717) is 0 Å². The standard InChI is InChI=1S/C20H24N4S/c1-4-16-12-17-19(21-13-22-20(17)25-16)24-9-7-23(8-10-24)18-6-5-14(2)11-15(18)3/h5-6,11-13H,4,7-10H2,1-3H3. The molecule has 1 fully saturated rings. The molecule has 3 heterocycles. The van der Waals surface area contributed by atoms with Gasteiger partial charge in [0.2, 0.25) is 0 Å². The van der Waals surface area contributed by atoms with Gasteiger partial charge in [0.25, 0.3) is 0 Å². The number of piperazine rings is 1. The Morgan fingerprint density at radius 2 is 1.76 bits per heavy atom. The van der Waals surface area contributed by atoms with Gasteiger partial charge in [-0.25, -0.2) is 9.97 Å². The average Bonchev–Trinajstić information content (AvgIpc) is 3.05. The summed E-state index contributed by atoms with van der Waals surface area (Å²) in [6, 6.07) is 9.01. The summed E-state index contributed by atoms with van der Waals surface area (Å²) >= 11 is 1.79. The smallest absolute Gasteiger partial charge is 0.140 e. The van der Waals surface area contributed by atoms with Gasteiger partial charge in [-0.15, -0.1) is 11.3 Å². The molecule has 2 aromatic heterocycles. The zero-order chi connectivity index (χ0) is 17.4. The van der Waals surface area contributed by atoms with Crippen molar-refractivity contribution in [2.45, 2.75) is 27.2 Å².